The van der Waals surface area contributed by atoms with E-state index in [2.05, 4.69) is 20.7 Å². The van der Waals surface area contributed by atoms with E-state index in [0.717, 1.165) is 22.9 Å². The van der Waals surface area contributed by atoms with E-state index < -0.39 is 6.61 Å². The standard InChI is InChI=1S/C16H18BrClF2O/c17-14-6-7-15(21-16(19)20)12(9-14)8-13(10-18)11-4-2-1-3-5-11/h6-9,11,16H,1-5,10H2/b13-8-. The van der Waals surface area contributed by atoms with Crippen LogP contribution >= 0.6 is 27.5 Å². The molecular formula is C16H18BrClF2O. The third-order valence-electron chi connectivity index (χ3n) is 3.81. The third kappa shape index (κ3) is 4.96. The van der Waals surface area contributed by atoms with E-state index in [0.29, 0.717) is 17.4 Å². The summed E-state index contributed by atoms with van der Waals surface area (Å²) >= 11 is 9.44. The van der Waals surface area contributed by atoms with Crippen LogP contribution in [0, 0.1) is 5.92 Å². The maximum absolute atomic E-state index is 12.5. The third-order valence-corrected chi connectivity index (χ3v) is 4.61. The number of alkyl halides is 3. The molecule has 1 aliphatic carbocycles. The number of benzene rings is 1. The molecule has 1 aliphatic rings. The molecule has 5 heteroatoms. The molecule has 0 radical (unpaired) electrons. The molecule has 1 aromatic rings. The fraction of sp³-hybridized carbons (Fsp3) is 0.500. The van der Waals surface area contributed by atoms with Gasteiger partial charge >= 0.3 is 6.61 Å². The minimum Gasteiger partial charge on any atom is -0.434 e. The van der Waals surface area contributed by atoms with Crippen molar-refractivity contribution in [3.63, 3.8) is 0 Å². The van der Waals surface area contributed by atoms with Crippen molar-refractivity contribution < 1.29 is 13.5 Å². The lowest BCUT2D eigenvalue weighted by Gasteiger charge is -2.23. The summed E-state index contributed by atoms with van der Waals surface area (Å²) in [7, 11) is 0. The molecule has 0 amide bonds. The van der Waals surface area contributed by atoms with Crippen LogP contribution < -0.4 is 4.74 Å². The fourth-order valence-corrected chi connectivity index (χ4v) is 3.45. The van der Waals surface area contributed by atoms with E-state index in [1.165, 1.54) is 19.3 Å². The average Bonchev–Trinajstić information content (AvgIpc) is 2.48. The van der Waals surface area contributed by atoms with Crippen molar-refractivity contribution in [2.24, 2.45) is 5.92 Å². The van der Waals surface area contributed by atoms with Crippen molar-refractivity contribution in [3.05, 3.63) is 33.8 Å². The maximum Gasteiger partial charge on any atom is 0.387 e. The lowest BCUT2D eigenvalue weighted by molar-refractivity contribution is -0.0500. The zero-order valence-corrected chi connectivity index (χ0v) is 14.0. The molecule has 0 heterocycles. The highest BCUT2D eigenvalue weighted by Gasteiger charge is 2.18. The van der Waals surface area contributed by atoms with Crippen molar-refractivity contribution in [2.45, 2.75) is 38.7 Å². The van der Waals surface area contributed by atoms with E-state index in [1.807, 2.05) is 6.08 Å². The number of ether oxygens (including phenoxy) is 1. The van der Waals surface area contributed by atoms with E-state index in [1.54, 1.807) is 18.2 Å². The summed E-state index contributed by atoms with van der Waals surface area (Å²) in [4.78, 5) is 0. The van der Waals surface area contributed by atoms with E-state index in [4.69, 9.17) is 11.6 Å². The molecular weight excluding hydrogens is 362 g/mol. The van der Waals surface area contributed by atoms with Crippen LogP contribution in [0.1, 0.15) is 37.7 Å². The van der Waals surface area contributed by atoms with Crippen molar-refractivity contribution in [1.82, 2.24) is 0 Å². The SMILES string of the molecule is FC(F)Oc1ccc(Br)cc1/C=C(/CCl)C1CCCCC1. The van der Waals surface area contributed by atoms with Crippen molar-refractivity contribution in [3.8, 4) is 5.75 Å². The van der Waals surface area contributed by atoms with Gasteiger partial charge in [0.15, 0.2) is 0 Å². The molecule has 1 saturated carbocycles. The lowest BCUT2D eigenvalue weighted by Crippen LogP contribution is -2.10. The zero-order valence-electron chi connectivity index (χ0n) is 11.6. The Balaban J connectivity index is 2.29. The van der Waals surface area contributed by atoms with Gasteiger partial charge in [0.05, 0.1) is 0 Å². The summed E-state index contributed by atoms with van der Waals surface area (Å²) in [6, 6.07) is 5.03. The molecule has 0 saturated heterocycles. The van der Waals surface area contributed by atoms with E-state index in [-0.39, 0.29) is 5.75 Å². The molecule has 0 N–H and O–H groups in total. The highest BCUT2D eigenvalue weighted by molar-refractivity contribution is 9.10. The van der Waals surface area contributed by atoms with Gasteiger partial charge in [-0.15, -0.1) is 11.6 Å². The molecule has 2 rings (SSSR count). The van der Waals surface area contributed by atoms with Crippen LogP contribution in [-0.4, -0.2) is 12.5 Å². The van der Waals surface area contributed by atoms with Crippen molar-refractivity contribution in [1.29, 1.82) is 0 Å². The van der Waals surface area contributed by atoms with Gasteiger partial charge in [-0.25, -0.2) is 0 Å². The van der Waals surface area contributed by atoms with Crippen LogP contribution in [-0.2, 0) is 0 Å². The number of allylic oxidation sites excluding steroid dienone is 1. The summed E-state index contributed by atoms with van der Waals surface area (Å²) in [6.07, 6.45) is 7.83. The van der Waals surface area contributed by atoms with Gasteiger partial charge < -0.3 is 4.74 Å². The Labute approximate surface area is 137 Å². The van der Waals surface area contributed by atoms with Crippen LogP contribution in [0.2, 0.25) is 0 Å². The number of halogens is 4. The van der Waals surface area contributed by atoms with Gasteiger partial charge in [-0.2, -0.15) is 8.78 Å². The van der Waals surface area contributed by atoms with Gasteiger partial charge in [-0.1, -0.05) is 46.8 Å². The maximum atomic E-state index is 12.5. The monoisotopic (exact) mass is 378 g/mol. The van der Waals surface area contributed by atoms with Crippen LogP contribution in [0.15, 0.2) is 28.2 Å². The molecule has 0 aromatic heterocycles. The highest BCUT2D eigenvalue weighted by atomic mass is 79.9. The zero-order chi connectivity index (χ0) is 15.2. The van der Waals surface area contributed by atoms with Gasteiger partial charge in [0.25, 0.3) is 0 Å². The summed E-state index contributed by atoms with van der Waals surface area (Å²) < 4.78 is 30.4. The first kappa shape index (κ1) is 16.8. The first-order chi connectivity index (χ1) is 10.1. The largest absolute Gasteiger partial charge is 0.434 e. The van der Waals surface area contributed by atoms with Gasteiger partial charge in [0, 0.05) is 15.9 Å². The van der Waals surface area contributed by atoms with Crippen LogP contribution in [0.3, 0.4) is 0 Å². The first-order valence-electron chi connectivity index (χ1n) is 7.11. The minimum absolute atomic E-state index is 0.187. The molecule has 0 spiro atoms. The Morgan fingerprint density at radius 3 is 2.67 bits per heavy atom. The first-order valence-corrected chi connectivity index (χ1v) is 8.43. The van der Waals surface area contributed by atoms with Crippen LogP contribution in [0.25, 0.3) is 6.08 Å². The predicted octanol–water partition coefficient (Wildman–Crippen LogP) is 6.25. The molecule has 0 aliphatic heterocycles. The topological polar surface area (TPSA) is 9.23 Å². The van der Waals surface area contributed by atoms with Crippen molar-refractivity contribution >= 4 is 33.6 Å². The Kier molecular flexibility index (Phi) is 6.49. The molecule has 116 valence electrons. The van der Waals surface area contributed by atoms with E-state index in [9.17, 15) is 8.78 Å². The molecule has 1 fully saturated rings. The summed E-state index contributed by atoms with van der Waals surface area (Å²) in [5.41, 5.74) is 1.75. The quantitative estimate of drug-likeness (QED) is 0.549. The van der Waals surface area contributed by atoms with E-state index >= 15 is 0 Å². The number of rotatable bonds is 5. The lowest BCUT2D eigenvalue weighted by atomic mass is 9.83. The molecule has 1 aromatic carbocycles. The number of hydrogen-bond acceptors (Lipinski definition) is 1. The average molecular weight is 380 g/mol. The summed E-state index contributed by atoms with van der Waals surface area (Å²) in [5.74, 6) is 1.06. The molecule has 0 unspecified atom stereocenters. The minimum atomic E-state index is -2.83. The Morgan fingerprint density at radius 2 is 2.05 bits per heavy atom. The van der Waals surface area contributed by atoms with Crippen molar-refractivity contribution in [2.75, 3.05) is 5.88 Å². The van der Waals surface area contributed by atoms with Crippen LogP contribution in [0.5, 0.6) is 5.75 Å². The smallest absolute Gasteiger partial charge is 0.387 e. The second-order valence-corrected chi connectivity index (χ2v) is 6.43. The molecule has 0 bridgehead atoms. The normalized spacial score (nSPS) is 17.3. The molecule has 0 atom stereocenters. The fourth-order valence-electron chi connectivity index (χ4n) is 2.77. The second-order valence-electron chi connectivity index (χ2n) is 5.25. The van der Waals surface area contributed by atoms with Gasteiger partial charge in [-0.05, 0) is 37.0 Å². The highest BCUT2D eigenvalue weighted by Crippen LogP contribution is 2.34. The molecule has 1 nitrogen and oxygen atoms in total. The second kappa shape index (κ2) is 8.14. The Hall–Kier alpha value is -0.610. The molecule has 21 heavy (non-hydrogen) atoms. The number of hydrogen-bond donors (Lipinski definition) is 0. The van der Waals surface area contributed by atoms with Gasteiger partial charge in [-0.3, -0.25) is 0 Å². The summed E-state index contributed by atoms with van der Waals surface area (Å²) in [5, 5.41) is 0. The van der Waals surface area contributed by atoms with Gasteiger partial charge in [0.1, 0.15) is 5.75 Å². The van der Waals surface area contributed by atoms with Crippen LogP contribution in [0.4, 0.5) is 8.78 Å². The van der Waals surface area contributed by atoms with Gasteiger partial charge in [0.2, 0.25) is 0 Å². The Bertz CT molecular complexity index is 499. The predicted molar refractivity (Wildman–Crippen MR) is 86.0 cm³/mol. The Morgan fingerprint density at radius 1 is 1.33 bits per heavy atom. The summed E-state index contributed by atoms with van der Waals surface area (Å²) in [6.45, 7) is -2.83.